The maximum absolute atomic E-state index is 14.3. The fraction of sp³-hybridized carbons (Fsp3) is 0.684. The normalized spacial score (nSPS) is 15.6. The van der Waals surface area contributed by atoms with Crippen molar-refractivity contribution in [1.29, 1.82) is 0 Å². The molecular weight excluding hydrogens is 611 g/mol. The van der Waals surface area contributed by atoms with Crippen molar-refractivity contribution >= 4 is 8.56 Å². The van der Waals surface area contributed by atoms with Crippen LogP contribution in [0.2, 0.25) is 12.6 Å². The van der Waals surface area contributed by atoms with E-state index < -0.39 is 61.8 Å². The summed E-state index contributed by atoms with van der Waals surface area (Å²) in [5, 5.41) is 0. The molecule has 0 fully saturated rings. The summed E-state index contributed by atoms with van der Waals surface area (Å²) in [5.74, 6) is -56.6. The summed E-state index contributed by atoms with van der Waals surface area (Å²) in [6.45, 7) is 1.54. The standard InChI is InChI=1S/C19H17F17O2Si/c1-37-39(3,38-2)9-8-10-4-6-11(7-5-10)12(20,21)13(22,23)14(24,25)15(26,27)16(28,29)17(30,31)18(32,33)19(34,35)36/h4-7H,8-9H2,1-3H3. The molecule has 0 saturated heterocycles. The van der Waals surface area contributed by atoms with Gasteiger partial charge < -0.3 is 8.85 Å². The molecule has 20 heteroatoms. The van der Waals surface area contributed by atoms with E-state index in [-0.39, 0.29) is 30.2 Å². The zero-order valence-electron chi connectivity index (χ0n) is 19.5. The number of hydrogen-bond acceptors (Lipinski definition) is 2. The lowest BCUT2D eigenvalue weighted by Gasteiger charge is -2.42. The van der Waals surface area contributed by atoms with Gasteiger partial charge >= 0.3 is 56.2 Å². The Labute approximate surface area is 209 Å². The number of alkyl halides is 17. The zero-order valence-corrected chi connectivity index (χ0v) is 20.5. The highest BCUT2D eigenvalue weighted by atomic mass is 28.4. The third-order valence-corrected chi connectivity index (χ3v) is 8.66. The van der Waals surface area contributed by atoms with Crippen molar-refractivity contribution in [2.24, 2.45) is 0 Å². The first-order valence-corrected chi connectivity index (χ1v) is 12.5. The molecule has 0 saturated carbocycles. The maximum atomic E-state index is 14.3. The highest BCUT2D eigenvalue weighted by Crippen LogP contribution is 2.65. The lowest BCUT2D eigenvalue weighted by atomic mass is 9.87. The van der Waals surface area contributed by atoms with Crippen molar-refractivity contribution < 1.29 is 83.5 Å². The Morgan fingerprint density at radius 2 is 0.872 bits per heavy atom. The molecule has 228 valence electrons. The topological polar surface area (TPSA) is 18.5 Å². The molecule has 0 radical (unpaired) electrons. The van der Waals surface area contributed by atoms with Crippen molar-refractivity contribution in [3.05, 3.63) is 35.4 Å². The highest BCUT2D eigenvalue weighted by Gasteiger charge is 2.95. The van der Waals surface area contributed by atoms with Crippen LogP contribution in [-0.4, -0.2) is 64.5 Å². The van der Waals surface area contributed by atoms with Crippen LogP contribution < -0.4 is 0 Å². The predicted octanol–water partition coefficient (Wildman–Crippen LogP) is 8.06. The fourth-order valence-electron chi connectivity index (χ4n) is 2.88. The average Bonchev–Trinajstić information content (AvgIpc) is 2.81. The van der Waals surface area contributed by atoms with Crippen LogP contribution in [0.4, 0.5) is 74.6 Å². The molecule has 2 nitrogen and oxygen atoms in total. The molecule has 0 aliphatic heterocycles. The van der Waals surface area contributed by atoms with Crippen LogP contribution >= 0.6 is 0 Å². The number of rotatable bonds is 12. The van der Waals surface area contributed by atoms with Gasteiger partial charge in [-0.3, -0.25) is 0 Å². The SMILES string of the molecule is CO[Si](C)(CCc1ccc(C(F)(F)C(F)(F)C(F)(F)C(F)(F)C(F)(F)C(F)(F)C(F)(F)C(F)(F)F)cc1)OC. The molecule has 0 aliphatic carbocycles. The Morgan fingerprint density at radius 3 is 1.21 bits per heavy atom. The second-order valence-corrected chi connectivity index (χ2v) is 11.8. The van der Waals surface area contributed by atoms with Gasteiger partial charge in [-0.2, -0.15) is 74.6 Å². The molecule has 0 unspecified atom stereocenters. The van der Waals surface area contributed by atoms with Crippen LogP contribution in [0.15, 0.2) is 24.3 Å². The lowest BCUT2D eigenvalue weighted by molar-refractivity contribution is -0.462. The van der Waals surface area contributed by atoms with E-state index in [0.29, 0.717) is 12.1 Å². The van der Waals surface area contributed by atoms with E-state index in [4.69, 9.17) is 8.85 Å². The fourth-order valence-corrected chi connectivity index (χ4v) is 4.20. The van der Waals surface area contributed by atoms with E-state index in [1.165, 1.54) is 14.2 Å². The van der Waals surface area contributed by atoms with Gasteiger partial charge in [0.1, 0.15) is 0 Å². The quantitative estimate of drug-likeness (QED) is 0.172. The van der Waals surface area contributed by atoms with Crippen molar-refractivity contribution in [1.82, 2.24) is 0 Å². The van der Waals surface area contributed by atoms with Crippen LogP contribution in [0.25, 0.3) is 0 Å². The smallest absolute Gasteiger partial charge is 0.398 e. The van der Waals surface area contributed by atoms with Crippen molar-refractivity contribution in [2.75, 3.05) is 14.2 Å². The molecule has 39 heavy (non-hydrogen) atoms. The first kappa shape index (κ1) is 35.2. The minimum absolute atomic E-state index is 0.0309. The third kappa shape index (κ3) is 5.31. The molecule has 0 N–H and O–H groups in total. The Kier molecular flexibility index (Phi) is 9.22. The summed E-state index contributed by atoms with van der Waals surface area (Å²) in [6.07, 6.45) is -7.85. The number of aryl methyl sites for hydroxylation is 1. The van der Waals surface area contributed by atoms with E-state index in [0.717, 1.165) is 0 Å². The van der Waals surface area contributed by atoms with Crippen LogP contribution in [0.5, 0.6) is 0 Å². The van der Waals surface area contributed by atoms with Crippen LogP contribution in [0.1, 0.15) is 11.1 Å². The predicted molar refractivity (Wildman–Crippen MR) is 100 cm³/mol. The van der Waals surface area contributed by atoms with E-state index >= 15 is 0 Å². The molecule has 0 aliphatic rings. The third-order valence-electron chi connectivity index (χ3n) is 5.77. The van der Waals surface area contributed by atoms with Gasteiger partial charge in [-0.1, -0.05) is 24.3 Å². The van der Waals surface area contributed by atoms with E-state index in [2.05, 4.69) is 0 Å². The Hall–Kier alpha value is -1.83. The minimum Gasteiger partial charge on any atom is -0.398 e. The van der Waals surface area contributed by atoms with Crippen molar-refractivity contribution in [2.45, 2.75) is 66.6 Å². The summed E-state index contributed by atoms with van der Waals surface area (Å²) in [4.78, 5) is 0. The molecule has 0 atom stereocenters. The molecule has 0 aromatic heterocycles. The number of benzene rings is 1. The molecule has 1 aromatic rings. The van der Waals surface area contributed by atoms with E-state index in [9.17, 15) is 74.6 Å². The molecular formula is C19H17F17O2Si. The zero-order chi connectivity index (χ0) is 31.3. The minimum atomic E-state index is -8.65. The second kappa shape index (κ2) is 10.2. The van der Waals surface area contributed by atoms with Gasteiger partial charge in [0.25, 0.3) is 0 Å². The summed E-state index contributed by atoms with van der Waals surface area (Å²) in [7, 11) is -0.242. The maximum Gasteiger partial charge on any atom is 0.460 e. The van der Waals surface area contributed by atoms with Gasteiger partial charge in [0, 0.05) is 19.8 Å². The van der Waals surface area contributed by atoms with Gasteiger partial charge in [-0.25, -0.2) is 0 Å². The highest BCUT2D eigenvalue weighted by molar-refractivity contribution is 6.65. The lowest BCUT2D eigenvalue weighted by Crippen LogP contribution is -2.74. The van der Waals surface area contributed by atoms with Gasteiger partial charge in [0.15, 0.2) is 0 Å². The van der Waals surface area contributed by atoms with E-state index in [1.807, 2.05) is 0 Å². The second-order valence-electron chi connectivity index (χ2n) is 8.26. The van der Waals surface area contributed by atoms with Crippen molar-refractivity contribution in [3.63, 3.8) is 0 Å². The van der Waals surface area contributed by atoms with Crippen LogP contribution in [-0.2, 0) is 21.2 Å². The first-order valence-electron chi connectivity index (χ1n) is 9.97. The molecule has 0 heterocycles. The van der Waals surface area contributed by atoms with Crippen LogP contribution in [0, 0.1) is 0 Å². The first-order chi connectivity index (χ1) is 17.1. The van der Waals surface area contributed by atoms with Gasteiger partial charge in [-0.05, 0) is 24.6 Å². The Balaban J connectivity index is 3.51. The largest absolute Gasteiger partial charge is 0.460 e. The summed E-state index contributed by atoms with van der Waals surface area (Å²) < 4.78 is 238. The molecule has 1 rings (SSSR count). The van der Waals surface area contributed by atoms with Gasteiger partial charge in [0.05, 0.1) is 0 Å². The Bertz CT molecular complexity index is 985. The molecule has 0 bridgehead atoms. The molecule has 1 aromatic carbocycles. The van der Waals surface area contributed by atoms with Gasteiger partial charge in [-0.15, -0.1) is 0 Å². The summed E-state index contributed by atoms with van der Waals surface area (Å²) in [5.41, 5.74) is -2.22. The number of halogens is 17. The average molecular weight is 628 g/mol. The molecule has 0 amide bonds. The summed E-state index contributed by atoms with van der Waals surface area (Å²) in [6, 6.07) is 1.20. The number of hydrogen-bond donors (Lipinski definition) is 0. The van der Waals surface area contributed by atoms with E-state index in [1.54, 1.807) is 6.55 Å². The summed E-state index contributed by atoms with van der Waals surface area (Å²) >= 11 is 0. The Morgan fingerprint density at radius 1 is 0.538 bits per heavy atom. The van der Waals surface area contributed by atoms with Gasteiger partial charge in [0.2, 0.25) is 0 Å². The molecule has 0 spiro atoms. The van der Waals surface area contributed by atoms with Crippen molar-refractivity contribution in [3.8, 4) is 0 Å². The van der Waals surface area contributed by atoms with Crippen LogP contribution in [0.3, 0.4) is 0 Å². The monoisotopic (exact) mass is 628 g/mol.